The first-order valence-electron chi connectivity index (χ1n) is 5.34. The van der Waals surface area contributed by atoms with E-state index < -0.39 is 24.2 Å². The van der Waals surface area contributed by atoms with Gasteiger partial charge in [0.1, 0.15) is 12.4 Å². The number of aliphatic carboxylic acids is 1. The second-order valence-electron chi connectivity index (χ2n) is 3.77. The van der Waals surface area contributed by atoms with Crippen molar-refractivity contribution >= 4 is 33.5 Å². The van der Waals surface area contributed by atoms with E-state index in [1.165, 1.54) is 18.3 Å². The SMILES string of the molecule is O=C(O)Cn1cc(C(=O)Nc2ccc(Br)cc2F)nn1. The predicted molar refractivity (Wildman–Crippen MR) is 69.7 cm³/mol. The summed E-state index contributed by atoms with van der Waals surface area (Å²) in [7, 11) is 0. The third kappa shape index (κ3) is 3.38. The average Bonchev–Trinajstić information content (AvgIpc) is 2.80. The quantitative estimate of drug-likeness (QED) is 0.877. The minimum atomic E-state index is -1.11. The third-order valence-electron chi connectivity index (χ3n) is 2.25. The minimum absolute atomic E-state index is 0.00835. The third-order valence-corrected chi connectivity index (χ3v) is 2.74. The molecule has 0 aliphatic rings. The van der Waals surface area contributed by atoms with Crippen molar-refractivity contribution in [3.63, 3.8) is 0 Å². The van der Waals surface area contributed by atoms with Crippen LogP contribution in [0.5, 0.6) is 0 Å². The molecule has 1 aromatic carbocycles. The van der Waals surface area contributed by atoms with Crippen molar-refractivity contribution in [2.75, 3.05) is 5.32 Å². The summed E-state index contributed by atoms with van der Waals surface area (Å²) in [6.45, 7) is -0.410. The molecule has 0 unspecified atom stereocenters. The monoisotopic (exact) mass is 342 g/mol. The molecule has 0 aliphatic carbocycles. The molecule has 0 aliphatic heterocycles. The highest BCUT2D eigenvalue weighted by Crippen LogP contribution is 2.19. The van der Waals surface area contributed by atoms with Gasteiger partial charge in [-0.15, -0.1) is 5.10 Å². The number of halogens is 2. The molecule has 0 fully saturated rings. The number of carboxylic acids is 1. The highest BCUT2D eigenvalue weighted by atomic mass is 79.9. The summed E-state index contributed by atoms with van der Waals surface area (Å²) in [5, 5.41) is 17.9. The molecular formula is C11H8BrFN4O3. The van der Waals surface area contributed by atoms with E-state index in [4.69, 9.17) is 5.11 Å². The van der Waals surface area contributed by atoms with Crippen LogP contribution in [-0.2, 0) is 11.3 Å². The highest BCUT2D eigenvalue weighted by Gasteiger charge is 2.14. The summed E-state index contributed by atoms with van der Waals surface area (Å²) >= 11 is 3.10. The molecule has 104 valence electrons. The lowest BCUT2D eigenvalue weighted by molar-refractivity contribution is -0.137. The fourth-order valence-electron chi connectivity index (χ4n) is 1.40. The number of nitrogens with zero attached hydrogens (tertiary/aromatic N) is 3. The van der Waals surface area contributed by atoms with E-state index in [1.54, 1.807) is 6.07 Å². The second kappa shape index (κ2) is 5.78. The van der Waals surface area contributed by atoms with E-state index in [0.29, 0.717) is 4.47 Å². The largest absolute Gasteiger partial charge is 0.480 e. The summed E-state index contributed by atoms with van der Waals surface area (Å²) in [6, 6.07) is 4.16. The molecule has 2 rings (SSSR count). The van der Waals surface area contributed by atoms with Gasteiger partial charge in [-0.05, 0) is 18.2 Å². The number of carboxylic acid groups (broad SMARTS) is 1. The average molecular weight is 343 g/mol. The van der Waals surface area contributed by atoms with Crippen molar-refractivity contribution in [2.24, 2.45) is 0 Å². The molecule has 0 saturated carbocycles. The van der Waals surface area contributed by atoms with Gasteiger partial charge in [-0.3, -0.25) is 9.59 Å². The molecule has 0 bridgehead atoms. The van der Waals surface area contributed by atoms with Gasteiger partial charge in [0, 0.05) is 4.47 Å². The molecule has 0 spiro atoms. The Morgan fingerprint density at radius 1 is 1.45 bits per heavy atom. The van der Waals surface area contributed by atoms with Gasteiger partial charge in [0.2, 0.25) is 0 Å². The zero-order valence-electron chi connectivity index (χ0n) is 9.88. The van der Waals surface area contributed by atoms with Gasteiger partial charge in [0.25, 0.3) is 5.91 Å². The van der Waals surface area contributed by atoms with Crippen LogP contribution in [-0.4, -0.2) is 32.0 Å². The van der Waals surface area contributed by atoms with Crippen LogP contribution in [0.2, 0.25) is 0 Å². The number of carbonyl (C=O) groups is 2. The molecule has 2 aromatic rings. The molecule has 0 radical (unpaired) electrons. The Kier molecular flexibility index (Phi) is 4.08. The van der Waals surface area contributed by atoms with Gasteiger partial charge in [0.15, 0.2) is 5.69 Å². The van der Waals surface area contributed by atoms with Crippen molar-refractivity contribution in [3.05, 3.63) is 40.4 Å². The normalized spacial score (nSPS) is 10.3. The first-order chi connectivity index (χ1) is 9.45. The fraction of sp³-hybridized carbons (Fsp3) is 0.0909. The lowest BCUT2D eigenvalue weighted by Crippen LogP contribution is -2.13. The van der Waals surface area contributed by atoms with Crippen LogP contribution in [0.1, 0.15) is 10.5 Å². The first-order valence-corrected chi connectivity index (χ1v) is 6.13. The van der Waals surface area contributed by atoms with Crippen molar-refractivity contribution in [1.82, 2.24) is 15.0 Å². The van der Waals surface area contributed by atoms with Gasteiger partial charge in [0.05, 0.1) is 11.9 Å². The van der Waals surface area contributed by atoms with Crippen LogP contribution in [0.25, 0.3) is 0 Å². The van der Waals surface area contributed by atoms with Gasteiger partial charge in [-0.2, -0.15) is 0 Å². The highest BCUT2D eigenvalue weighted by molar-refractivity contribution is 9.10. The van der Waals surface area contributed by atoms with Crippen molar-refractivity contribution in [3.8, 4) is 0 Å². The van der Waals surface area contributed by atoms with Crippen LogP contribution in [0.4, 0.5) is 10.1 Å². The molecule has 1 heterocycles. The van der Waals surface area contributed by atoms with Crippen molar-refractivity contribution in [1.29, 1.82) is 0 Å². The number of rotatable bonds is 4. The van der Waals surface area contributed by atoms with Crippen LogP contribution >= 0.6 is 15.9 Å². The van der Waals surface area contributed by atoms with Gasteiger partial charge in [-0.1, -0.05) is 21.1 Å². The molecule has 20 heavy (non-hydrogen) atoms. The molecule has 1 aromatic heterocycles. The van der Waals surface area contributed by atoms with Crippen LogP contribution < -0.4 is 5.32 Å². The van der Waals surface area contributed by atoms with Crippen LogP contribution in [0.15, 0.2) is 28.9 Å². The number of benzene rings is 1. The molecular weight excluding hydrogens is 335 g/mol. The maximum atomic E-state index is 13.5. The second-order valence-corrected chi connectivity index (χ2v) is 4.69. The van der Waals surface area contributed by atoms with Gasteiger partial charge in [-0.25, -0.2) is 9.07 Å². The molecule has 9 heteroatoms. The zero-order valence-corrected chi connectivity index (χ0v) is 11.5. The van der Waals surface area contributed by atoms with E-state index in [1.807, 2.05) is 0 Å². The van der Waals surface area contributed by atoms with Crippen molar-refractivity contribution < 1.29 is 19.1 Å². The van der Waals surface area contributed by atoms with E-state index in [2.05, 4.69) is 31.6 Å². The number of hydrogen-bond donors (Lipinski definition) is 2. The number of nitrogens with one attached hydrogen (secondary N) is 1. The van der Waals surface area contributed by atoms with Gasteiger partial charge >= 0.3 is 5.97 Å². The number of anilines is 1. The lowest BCUT2D eigenvalue weighted by atomic mass is 10.3. The number of aromatic nitrogens is 3. The number of amides is 1. The molecule has 0 atom stereocenters. The van der Waals surface area contributed by atoms with Gasteiger partial charge < -0.3 is 10.4 Å². The topological polar surface area (TPSA) is 97.1 Å². The number of hydrogen-bond acceptors (Lipinski definition) is 4. The standard InChI is InChI=1S/C11H8BrFN4O3/c12-6-1-2-8(7(13)3-6)14-11(20)9-4-17(16-15-9)5-10(18)19/h1-4H,5H2,(H,14,20)(H,18,19). The summed E-state index contributed by atoms with van der Waals surface area (Å²) in [5.41, 5.74) is -0.112. The maximum Gasteiger partial charge on any atom is 0.325 e. The van der Waals surface area contributed by atoms with E-state index >= 15 is 0 Å². The lowest BCUT2D eigenvalue weighted by Gasteiger charge is -2.04. The summed E-state index contributed by atoms with van der Waals surface area (Å²) in [4.78, 5) is 22.3. The predicted octanol–water partition coefficient (Wildman–Crippen LogP) is 1.52. The molecule has 7 nitrogen and oxygen atoms in total. The fourth-order valence-corrected chi connectivity index (χ4v) is 1.73. The zero-order chi connectivity index (χ0) is 14.7. The summed E-state index contributed by atoms with van der Waals surface area (Å²) in [6.07, 6.45) is 1.17. The Bertz CT molecular complexity index is 673. The van der Waals surface area contributed by atoms with Crippen molar-refractivity contribution in [2.45, 2.75) is 6.54 Å². The van der Waals surface area contributed by atoms with E-state index in [0.717, 1.165) is 4.68 Å². The van der Waals surface area contributed by atoms with Crippen LogP contribution in [0.3, 0.4) is 0 Å². The summed E-state index contributed by atoms with van der Waals surface area (Å²) < 4.78 is 15.1. The Morgan fingerprint density at radius 3 is 2.85 bits per heavy atom. The molecule has 2 N–H and O–H groups in total. The Hall–Kier alpha value is -2.29. The summed E-state index contributed by atoms with van der Waals surface area (Å²) in [5.74, 6) is -2.39. The van der Waals surface area contributed by atoms with E-state index in [9.17, 15) is 14.0 Å². The van der Waals surface area contributed by atoms with Crippen LogP contribution in [0, 0.1) is 5.82 Å². The Labute approximate surface area is 120 Å². The van der Waals surface area contributed by atoms with E-state index in [-0.39, 0.29) is 11.4 Å². The number of carbonyl (C=O) groups excluding carboxylic acids is 1. The Balaban J connectivity index is 2.11. The molecule has 0 saturated heterocycles. The smallest absolute Gasteiger partial charge is 0.325 e. The Morgan fingerprint density at radius 2 is 2.20 bits per heavy atom. The maximum absolute atomic E-state index is 13.5. The molecule has 1 amide bonds. The minimum Gasteiger partial charge on any atom is -0.480 e. The first kappa shape index (κ1) is 14.1.